The minimum atomic E-state index is -0.670. The maximum atomic E-state index is 13.1. The van der Waals surface area contributed by atoms with Gasteiger partial charge in [-0.3, -0.25) is 20.0 Å². The number of aromatic nitrogens is 3. The first-order valence-corrected chi connectivity index (χ1v) is 11.5. The van der Waals surface area contributed by atoms with Gasteiger partial charge in [0, 0.05) is 23.1 Å². The molecular formula is C21H16ClN5O3S2. The Morgan fingerprint density at radius 1 is 1.22 bits per heavy atom. The third kappa shape index (κ3) is 5.34. The van der Waals surface area contributed by atoms with E-state index >= 15 is 0 Å². The fourth-order valence-corrected chi connectivity index (χ4v) is 4.76. The SMILES string of the molecule is O=C(Nc1ccc(Cl)c([N+](=O)[O-])c1)C(Sc1n[nH]c(Cc2cccs2)n1)c1ccccc1. The summed E-state index contributed by atoms with van der Waals surface area (Å²) in [4.78, 5) is 29.4. The molecule has 1 atom stereocenters. The minimum absolute atomic E-state index is 0.000904. The van der Waals surface area contributed by atoms with Crippen molar-refractivity contribution in [1.29, 1.82) is 0 Å². The van der Waals surface area contributed by atoms with Crippen LogP contribution in [0.2, 0.25) is 5.02 Å². The van der Waals surface area contributed by atoms with Crippen molar-refractivity contribution in [2.45, 2.75) is 16.8 Å². The summed E-state index contributed by atoms with van der Waals surface area (Å²) in [5, 5.41) is 22.8. The highest BCUT2D eigenvalue weighted by Gasteiger charge is 2.25. The van der Waals surface area contributed by atoms with Crippen LogP contribution >= 0.6 is 34.7 Å². The van der Waals surface area contributed by atoms with Gasteiger partial charge in [0.25, 0.3) is 5.69 Å². The number of thioether (sulfide) groups is 1. The number of amides is 1. The molecule has 11 heteroatoms. The Kier molecular flexibility index (Phi) is 6.84. The van der Waals surface area contributed by atoms with E-state index < -0.39 is 10.2 Å². The number of hydrogen-bond donors (Lipinski definition) is 2. The van der Waals surface area contributed by atoms with Gasteiger partial charge in [-0.05, 0) is 29.1 Å². The smallest absolute Gasteiger partial charge is 0.289 e. The summed E-state index contributed by atoms with van der Waals surface area (Å²) in [7, 11) is 0. The zero-order valence-electron chi connectivity index (χ0n) is 16.4. The van der Waals surface area contributed by atoms with E-state index in [1.165, 1.54) is 30.0 Å². The fourth-order valence-electron chi connectivity index (χ4n) is 2.93. The molecule has 1 unspecified atom stereocenters. The van der Waals surface area contributed by atoms with Crippen LogP contribution in [0.4, 0.5) is 11.4 Å². The van der Waals surface area contributed by atoms with Gasteiger partial charge in [0.1, 0.15) is 16.1 Å². The number of aromatic amines is 1. The fraction of sp³-hybridized carbons (Fsp3) is 0.0952. The average molecular weight is 486 g/mol. The normalized spacial score (nSPS) is 11.8. The molecule has 1 amide bonds. The molecule has 4 rings (SSSR count). The summed E-state index contributed by atoms with van der Waals surface area (Å²) in [6.07, 6.45) is 0.627. The van der Waals surface area contributed by atoms with E-state index in [0.29, 0.717) is 17.4 Å². The van der Waals surface area contributed by atoms with Gasteiger partial charge >= 0.3 is 0 Å². The molecule has 0 saturated carbocycles. The van der Waals surface area contributed by atoms with Crippen LogP contribution < -0.4 is 5.32 Å². The predicted octanol–water partition coefficient (Wildman–Crippen LogP) is 5.49. The summed E-state index contributed by atoms with van der Waals surface area (Å²) in [5.41, 5.74) is 0.754. The van der Waals surface area contributed by atoms with Crippen LogP contribution in [-0.2, 0) is 11.2 Å². The Balaban J connectivity index is 1.55. The Morgan fingerprint density at radius 2 is 2.03 bits per heavy atom. The van der Waals surface area contributed by atoms with Gasteiger partial charge in [0.05, 0.1) is 4.92 Å². The molecule has 2 heterocycles. The van der Waals surface area contributed by atoms with Crippen LogP contribution in [0.25, 0.3) is 0 Å². The highest BCUT2D eigenvalue weighted by atomic mass is 35.5. The number of carbonyl (C=O) groups excluding carboxylic acids is 1. The van der Waals surface area contributed by atoms with Crippen molar-refractivity contribution in [1.82, 2.24) is 15.2 Å². The molecule has 32 heavy (non-hydrogen) atoms. The topological polar surface area (TPSA) is 114 Å². The van der Waals surface area contributed by atoms with Crippen LogP contribution in [0.5, 0.6) is 0 Å². The summed E-state index contributed by atoms with van der Waals surface area (Å²) in [5.74, 6) is 0.345. The zero-order chi connectivity index (χ0) is 22.5. The largest absolute Gasteiger partial charge is 0.325 e. The number of halogens is 1. The number of nitrogens with one attached hydrogen (secondary N) is 2. The highest BCUT2D eigenvalue weighted by molar-refractivity contribution is 8.00. The second kappa shape index (κ2) is 9.94. The molecule has 8 nitrogen and oxygen atoms in total. The number of thiophene rings is 1. The van der Waals surface area contributed by atoms with Gasteiger partial charge in [-0.1, -0.05) is 59.8 Å². The quantitative estimate of drug-likeness (QED) is 0.194. The predicted molar refractivity (Wildman–Crippen MR) is 125 cm³/mol. The first-order chi connectivity index (χ1) is 15.5. The number of nitrogens with zero attached hydrogens (tertiary/aromatic N) is 3. The number of hydrogen-bond acceptors (Lipinski definition) is 7. The molecule has 0 saturated heterocycles. The third-order valence-corrected chi connectivity index (χ3v) is 6.72. The van der Waals surface area contributed by atoms with E-state index in [2.05, 4.69) is 20.5 Å². The van der Waals surface area contributed by atoms with E-state index in [4.69, 9.17) is 11.6 Å². The Hall–Kier alpha value is -3.21. The Labute approximate surface area is 196 Å². The second-order valence-corrected chi connectivity index (χ2v) is 9.15. The van der Waals surface area contributed by atoms with Crippen LogP contribution in [0, 0.1) is 10.1 Å². The van der Waals surface area contributed by atoms with Gasteiger partial charge < -0.3 is 5.32 Å². The van der Waals surface area contributed by atoms with Crippen molar-refractivity contribution in [3.8, 4) is 0 Å². The van der Waals surface area contributed by atoms with E-state index in [1.54, 1.807) is 11.3 Å². The monoisotopic (exact) mass is 485 g/mol. The average Bonchev–Trinajstić information content (AvgIpc) is 3.46. The molecule has 2 aromatic heterocycles. The number of nitro benzene ring substituents is 1. The summed E-state index contributed by atoms with van der Waals surface area (Å²) >= 11 is 8.69. The van der Waals surface area contributed by atoms with E-state index in [-0.39, 0.29) is 22.3 Å². The van der Waals surface area contributed by atoms with Crippen molar-refractivity contribution >= 4 is 52.0 Å². The molecule has 4 aromatic rings. The van der Waals surface area contributed by atoms with Crippen LogP contribution in [0.1, 0.15) is 21.5 Å². The van der Waals surface area contributed by atoms with E-state index in [0.717, 1.165) is 10.4 Å². The molecule has 0 bridgehead atoms. The number of carbonyl (C=O) groups is 1. The maximum Gasteiger partial charge on any atom is 0.289 e. The first-order valence-electron chi connectivity index (χ1n) is 9.39. The number of anilines is 1. The van der Waals surface area contributed by atoms with Gasteiger partial charge in [0.15, 0.2) is 0 Å². The van der Waals surface area contributed by atoms with Crippen LogP contribution in [-0.4, -0.2) is 26.0 Å². The minimum Gasteiger partial charge on any atom is -0.325 e. The first kappa shape index (κ1) is 22.0. The number of nitro groups is 1. The summed E-state index contributed by atoms with van der Waals surface area (Å²) < 4.78 is 0. The molecule has 0 aliphatic carbocycles. The zero-order valence-corrected chi connectivity index (χ0v) is 18.8. The third-order valence-electron chi connectivity index (χ3n) is 4.41. The van der Waals surface area contributed by atoms with E-state index in [9.17, 15) is 14.9 Å². The molecule has 0 fully saturated rings. The molecule has 2 aromatic carbocycles. The van der Waals surface area contributed by atoms with Crippen molar-refractivity contribution in [2.24, 2.45) is 0 Å². The molecule has 0 aliphatic rings. The Morgan fingerprint density at radius 3 is 2.75 bits per heavy atom. The standard InChI is InChI=1S/C21H16ClN5O3S2/c22-16-9-8-14(11-17(16)27(29)30)23-20(28)19(13-5-2-1-3-6-13)32-21-24-18(25-26-21)12-15-7-4-10-31-15/h1-11,19H,12H2,(H,23,28)(H,24,25,26). The van der Waals surface area contributed by atoms with Crippen molar-refractivity contribution < 1.29 is 9.72 Å². The van der Waals surface area contributed by atoms with Crippen molar-refractivity contribution in [3.05, 3.63) is 97.4 Å². The Bertz CT molecular complexity index is 1230. The number of benzene rings is 2. The molecular weight excluding hydrogens is 470 g/mol. The van der Waals surface area contributed by atoms with Crippen molar-refractivity contribution in [2.75, 3.05) is 5.32 Å². The molecule has 162 valence electrons. The molecule has 0 spiro atoms. The maximum absolute atomic E-state index is 13.1. The van der Waals surface area contributed by atoms with E-state index in [1.807, 2.05) is 47.8 Å². The lowest BCUT2D eigenvalue weighted by Crippen LogP contribution is -2.19. The lowest BCUT2D eigenvalue weighted by Gasteiger charge is -2.15. The summed E-state index contributed by atoms with van der Waals surface area (Å²) in [6.45, 7) is 0. The van der Waals surface area contributed by atoms with Gasteiger partial charge in [-0.2, -0.15) is 0 Å². The second-order valence-electron chi connectivity index (χ2n) is 6.64. The van der Waals surface area contributed by atoms with Crippen molar-refractivity contribution in [3.63, 3.8) is 0 Å². The molecule has 0 aliphatic heterocycles. The van der Waals surface area contributed by atoms with Crippen LogP contribution in [0.15, 0.2) is 71.2 Å². The molecule has 0 radical (unpaired) electrons. The van der Waals surface area contributed by atoms with Gasteiger partial charge in [0.2, 0.25) is 11.1 Å². The van der Waals surface area contributed by atoms with Crippen LogP contribution in [0.3, 0.4) is 0 Å². The summed E-state index contributed by atoms with van der Waals surface area (Å²) in [6, 6.07) is 17.3. The molecule has 2 N–H and O–H groups in total. The van der Waals surface area contributed by atoms with Gasteiger partial charge in [-0.15, -0.1) is 16.4 Å². The van der Waals surface area contributed by atoms with Gasteiger partial charge in [-0.25, -0.2) is 4.98 Å². The highest BCUT2D eigenvalue weighted by Crippen LogP contribution is 2.35. The number of H-pyrrole nitrogens is 1. The number of rotatable bonds is 8. The lowest BCUT2D eigenvalue weighted by atomic mass is 10.1. The lowest BCUT2D eigenvalue weighted by molar-refractivity contribution is -0.384.